The lowest BCUT2D eigenvalue weighted by molar-refractivity contribution is 0.0334. The summed E-state index contributed by atoms with van der Waals surface area (Å²) >= 11 is 0. The zero-order valence-corrected chi connectivity index (χ0v) is 10.7. The van der Waals surface area contributed by atoms with Gasteiger partial charge in [0.2, 0.25) is 0 Å². The van der Waals surface area contributed by atoms with Gasteiger partial charge in [0.05, 0.1) is 12.2 Å². The second-order valence-electron chi connectivity index (χ2n) is 4.20. The molecule has 1 aliphatic heterocycles. The fourth-order valence-corrected chi connectivity index (χ4v) is 2.14. The third-order valence-electron chi connectivity index (χ3n) is 3.03. The molecule has 0 bridgehead atoms. The molecule has 1 heterocycles. The molecule has 1 aromatic carbocycles. The van der Waals surface area contributed by atoms with Crippen LogP contribution in [0.3, 0.4) is 0 Å². The predicted octanol–water partition coefficient (Wildman–Crippen LogP) is 1.53. The first-order valence-corrected chi connectivity index (χ1v) is 6.39. The van der Waals surface area contributed by atoms with Gasteiger partial charge in [0.15, 0.2) is 0 Å². The number of ether oxygens (including phenoxy) is 2. The quantitative estimate of drug-likeness (QED) is 0.635. The Balaban J connectivity index is 2.01. The van der Waals surface area contributed by atoms with E-state index in [0.717, 1.165) is 25.1 Å². The summed E-state index contributed by atoms with van der Waals surface area (Å²) in [5.74, 6) is -0.242. The fraction of sp³-hybridized carbons (Fsp3) is 0.500. The smallest absolute Gasteiger partial charge is 0.338 e. The van der Waals surface area contributed by atoms with Crippen molar-refractivity contribution in [3.8, 4) is 0 Å². The summed E-state index contributed by atoms with van der Waals surface area (Å²) in [5, 5.41) is 3.29. The molecule has 0 spiro atoms. The number of benzene rings is 1. The number of hydrogen-bond acceptors (Lipinski definition) is 4. The lowest BCUT2D eigenvalue weighted by atomic mass is 9.95. The van der Waals surface area contributed by atoms with Gasteiger partial charge in [0, 0.05) is 13.2 Å². The molecule has 18 heavy (non-hydrogen) atoms. The van der Waals surface area contributed by atoms with Crippen LogP contribution in [-0.4, -0.2) is 32.3 Å². The van der Waals surface area contributed by atoms with Gasteiger partial charge in [-0.3, -0.25) is 0 Å². The number of carbonyl (C=O) groups excluding carboxylic acids is 1. The first-order chi connectivity index (χ1) is 8.83. The third kappa shape index (κ3) is 3.09. The zero-order chi connectivity index (χ0) is 12.8. The van der Waals surface area contributed by atoms with E-state index in [1.54, 1.807) is 0 Å². The fourth-order valence-electron chi connectivity index (χ4n) is 2.14. The highest BCUT2D eigenvalue weighted by molar-refractivity contribution is 5.91. The lowest BCUT2D eigenvalue weighted by Crippen LogP contribution is -2.26. The lowest BCUT2D eigenvalue weighted by Gasteiger charge is -2.19. The molecule has 1 aromatic rings. The molecule has 0 atom stereocenters. The monoisotopic (exact) mass is 249 g/mol. The molecule has 2 rings (SSSR count). The summed E-state index contributed by atoms with van der Waals surface area (Å²) in [6.45, 7) is 5.07. The molecule has 0 fully saturated rings. The Kier molecular flexibility index (Phi) is 4.73. The Morgan fingerprint density at radius 3 is 3.11 bits per heavy atom. The van der Waals surface area contributed by atoms with E-state index in [1.165, 1.54) is 5.56 Å². The normalized spacial score (nSPS) is 14.1. The maximum absolute atomic E-state index is 12.0. The van der Waals surface area contributed by atoms with Crippen LogP contribution < -0.4 is 5.32 Å². The van der Waals surface area contributed by atoms with Crippen LogP contribution in [0.15, 0.2) is 18.2 Å². The van der Waals surface area contributed by atoms with Gasteiger partial charge >= 0.3 is 5.97 Å². The highest BCUT2D eigenvalue weighted by Gasteiger charge is 2.17. The summed E-state index contributed by atoms with van der Waals surface area (Å²) in [4.78, 5) is 12.0. The Labute approximate surface area is 107 Å². The van der Waals surface area contributed by atoms with E-state index in [2.05, 4.69) is 11.4 Å². The number of fused-ring (bicyclic) bond motifs is 1. The average molecular weight is 249 g/mol. The molecular weight excluding hydrogens is 230 g/mol. The minimum atomic E-state index is -0.242. The van der Waals surface area contributed by atoms with Crippen LogP contribution in [0.1, 0.15) is 28.4 Å². The van der Waals surface area contributed by atoms with Crippen LogP contribution in [0.25, 0.3) is 0 Å². The standard InChI is InChI=1S/C14H19NO3/c1-2-17-8-9-18-14(16)13-5-3-4-11-10-15-7-6-12(11)13/h3-5,15H,2,6-10H2,1H3. The second kappa shape index (κ2) is 6.52. The molecule has 0 aromatic heterocycles. The molecule has 98 valence electrons. The average Bonchev–Trinajstić information content (AvgIpc) is 2.43. The molecule has 0 saturated heterocycles. The van der Waals surface area contributed by atoms with Crippen LogP contribution >= 0.6 is 0 Å². The first kappa shape index (κ1) is 13.1. The maximum Gasteiger partial charge on any atom is 0.338 e. The number of esters is 1. The Morgan fingerprint density at radius 2 is 2.28 bits per heavy atom. The van der Waals surface area contributed by atoms with E-state index in [4.69, 9.17) is 9.47 Å². The SMILES string of the molecule is CCOCCOC(=O)c1cccc2c1CCNC2. The zero-order valence-electron chi connectivity index (χ0n) is 10.7. The first-order valence-electron chi connectivity index (χ1n) is 6.39. The van der Waals surface area contributed by atoms with E-state index < -0.39 is 0 Å². The van der Waals surface area contributed by atoms with Crippen LogP contribution in [0.4, 0.5) is 0 Å². The summed E-state index contributed by atoms with van der Waals surface area (Å²) in [6, 6.07) is 5.80. The summed E-state index contributed by atoms with van der Waals surface area (Å²) in [5.41, 5.74) is 3.02. The van der Waals surface area contributed by atoms with Crippen molar-refractivity contribution in [2.45, 2.75) is 19.9 Å². The van der Waals surface area contributed by atoms with E-state index >= 15 is 0 Å². The summed E-state index contributed by atoms with van der Waals surface area (Å²) < 4.78 is 10.4. The van der Waals surface area contributed by atoms with Crippen LogP contribution in [0.5, 0.6) is 0 Å². The molecule has 4 heteroatoms. The maximum atomic E-state index is 12.0. The molecule has 0 aliphatic carbocycles. The van der Waals surface area contributed by atoms with Crippen LogP contribution in [-0.2, 0) is 22.4 Å². The Bertz CT molecular complexity index is 418. The van der Waals surface area contributed by atoms with E-state index in [-0.39, 0.29) is 5.97 Å². The van der Waals surface area contributed by atoms with Crippen LogP contribution in [0, 0.1) is 0 Å². The van der Waals surface area contributed by atoms with Crippen molar-refractivity contribution in [3.05, 3.63) is 34.9 Å². The van der Waals surface area contributed by atoms with Crippen molar-refractivity contribution >= 4 is 5.97 Å². The van der Waals surface area contributed by atoms with Crippen molar-refractivity contribution < 1.29 is 14.3 Å². The van der Waals surface area contributed by atoms with Gasteiger partial charge in [-0.25, -0.2) is 4.79 Å². The largest absolute Gasteiger partial charge is 0.460 e. The van der Waals surface area contributed by atoms with Crippen LogP contribution in [0.2, 0.25) is 0 Å². The molecule has 1 aliphatic rings. The van der Waals surface area contributed by atoms with E-state index in [1.807, 2.05) is 19.1 Å². The number of rotatable bonds is 5. The van der Waals surface area contributed by atoms with Gasteiger partial charge in [0.25, 0.3) is 0 Å². The van der Waals surface area contributed by atoms with Crippen molar-refractivity contribution in [1.82, 2.24) is 5.32 Å². The van der Waals surface area contributed by atoms with Gasteiger partial charge in [0.1, 0.15) is 6.61 Å². The predicted molar refractivity (Wildman–Crippen MR) is 68.6 cm³/mol. The molecule has 0 unspecified atom stereocenters. The molecule has 0 radical (unpaired) electrons. The van der Waals surface area contributed by atoms with Crippen molar-refractivity contribution in [2.24, 2.45) is 0 Å². The molecule has 1 N–H and O–H groups in total. The molecule has 0 saturated carbocycles. The summed E-state index contributed by atoms with van der Waals surface area (Å²) in [7, 11) is 0. The molecular formula is C14H19NO3. The van der Waals surface area contributed by atoms with Gasteiger partial charge in [-0.2, -0.15) is 0 Å². The van der Waals surface area contributed by atoms with Gasteiger partial charge in [-0.05, 0) is 37.1 Å². The minimum Gasteiger partial charge on any atom is -0.460 e. The second-order valence-corrected chi connectivity index (χ2v) is 4.20. The number of carbonyl (C=O) groups is 1. The van der Waals surface area contributed by atoms with Gasteiger partial charge < -0.3 is 14.8 Å². The molecule has 4 nitrogen and oxygen atoms in total. The van der Waals surface area contributed by atoms with Crippen molar-refractivity contribution in [3.63, 3.8) is 0 Å². The van der Waals surface area contributed by atoms with E-state index in [0.29, 0.717) is 25.4 Å². The van der Waals surface area contributed by atoms with Crippen molar-refractivity contribution in [1.29, 1.82) is 0 Å². The van der Waals surface area contributed by atoms with Crippen molar-refractivity contribution in [2.75, 3.05) is 26.4 Å². The van der Waals surface area contributed by atoms with Gasteiger partial charge in [-0.15, -0.1) is 0 Å². The Hall–Kier alpha value is -1.39. The number of hydrogen-bond donors (Lipinski definition) is 1. The van der Waals surface area contributed by atoms with Gasteiger partial charge in [-0.1, -0.05) is 12.1 Å². The summed E-state index contributed by atoms with van der Waals surface area (Å²) in [6.07, 6.45) is 0.881. The highest BCUT2D eigenvalue weighted by Crippen LogP contribution is 2.19. The third-order valence-corrected chi connectivity index (χ3v) is 3.03. The minimum absolute atomic E-state index is 0.242. The number of nitrogens with one attached hydrogen (secondary N) is 1. The topological polar surface area (TPSA) is 47.6 Å². The Morgan fingerprint density at radius 1 is 1.39 bits per heavy atom. The van der Waals surface area contributed by atoms with E-state index in [9.17, 15) is 4.79 Å². The highest BCUT2D eigenvalue weighted by atomic mass is 16.6. The molecule has 0 amide bonds.